The van der Waals surface area contributed by atoms with Gasteiger partial charge in [-0.25, -0.2) is 4.79 Å². The summed E-state index contributed by atoms with van der Waals surface area (Å²) in [7, 11) is 1.77. The largest absolute Gasteiger partial charge is 0.454 e. The van der Waals surface area contributed by atoms with E-state index in [-0.39, 0.29) is 12.8 Å². The molecular formula is C13H18N2O3. The van der Waals surface area contributed by atoms with Gasteiger partial charge in [0.25, 0.3) is 0 Å². The van der Waals surface area contributed by atoms with Gasteiger partial charge in [0.1, 0.15) is 0 Å². The molecule has 0 aromatic heterocycles. The molecule has 0 saturated heterocycles. The molecule has 1 aromatic carbocycles. The van der Waals surface area contributed by atoms with Crippen LogP contribution in [-0.2, 0) is 6.54 Å². The molecule has 0 saturated carbocycles. The number of carbonyl (C=O) groups excluding carboxylic acids is 1. The molecule has 5 nitrogen and oxygen atoms in total. The number of ether oxygens (including phenoxy) is 2. The number of benzene rings is 1. The Morgan fingerprint density at radius 1 is 1.39 bits per heavy atom. The molecule has 1 aliphatic rings. The molecule has 1 aromatic rings. The number of nitrogens with zero attached hydrogens (tertiary/aromatic N) is 1. The van der Waals surface area contributed by atoms with E-state index in [1.165, 1.54) is 0 Å². The van der Waals surface area contributed by atoms with E-state index in [1.807, 2.05) is 25.1 Å². The Morgan fingerprint density at radius 3 is 2.94 bits per heavy atom. The average Bonchev–Trinajstić information content (AvgIpc) is 2.83. The van der Waals surface area contributed by atoms with Crippen molar-refractivity contribution in [3.8, 4) is 11.5 Å². The van der Waals surface area contributed by atoms with Crippen LogP contribution in [0.4, 0.5) is 4.79 Å². The summed E-state index contributed by atoms with van der Waals surface area (Å²) in [5.41, 5.74) is 1.02. The molecule has 0 bridgehead atoms. The third-order valence-corrected chi connectivity index (χ3v) is 2.73. The molecule has 0 unspecified atom stereocenters. The van der Waals surface area contributed by atoms with Crippen LogP contribution in [0, 0.1) is 0 Å². The van der Waals surface area contributed by atoms with Gasteiger partial charge in [0.15, 0.2) is 11.5 Å². The van der Waals surface area contributed by atoms with Crippen molar-refractivity contribution in [2.45, 2.75) is 19.9 Å². The Balaban J connectivity index is 1.94. The predicted octanol–water partition coefficient (Wildman–Crippen LogP) is 1.97. The highest BCUT2D eigenvalue weighted by molar-refractivity contribution is 5.73. The molecule has 1 aliphatic heterocycles. The Labute approximate surface area is 107 Å². The molecule has 1 heterocycles. The minimum Gasteiger partial charge on any atom is -0.454 e. The highest BCUT2D eigenvalue weighted by Crippen LogP contribution is 2.32. The molecule has 1 N–H and O–H groups in total. The summed E-state index contributed by atoms with van der Waals surface area (Å²) in [5.74, 6) is 1.51. The van der Waals surface area contributed by atoms with Crippen molar-refractivity contribution in [3.05, 3.63) is 23.8 Å². The first kappa shape index (κ1) is 12.5. The summed E-state index contributed by atoms with van der Waals surface area (Å²) in [6, 6.07) is 5.66. The van der Waals surface area contributed by atoms with E-state index in [0.717, 1.165) is 23.5 Å². The number of amides is 2. The van der Waals surface area contributed by atoms with E-state index in [0.29, 0.717) is 13.1 Å². The number of hydrogen-bond acceptors (Lipinski definition) is 3. The van der Waals surface area contributed by atoms with Crippen LogP contribution in [0.25, 0.3) is 0 Å². The summed E-state index contributed by atoms with van der Waals surface area (Å²) in [6.45, 7) is 3.54. The lowest BCUT2D eigenvalue weighted by atomic mass is 10.2. The molecule has 2 amide bonds. The van der Waals surface area contributed by atoms with Gasteiger partial charge in [-0.05, 0) is 24.1 Å². The first-order chi connectivity index (χ1) is 8.70. The Bertz CT molecular complexity index is 434. The minimum atomic E-state index is -0.0606. The lowest BCUT2D eigenvalue weighted by Gasteiger charge is -2.18. The van der Waals surface area contributed by atoms with Crippen LogP contribution in [0.3, 0.4) is 0 Å². The van der Waals surface area contributed by atoms with Crippen LogP contribution >= 0.6 is 0 Å². The fraction of sp³-hybridized carbons (Fsp3) is 0.462. The Morgan fingerprint density at radius 2 is 2.17 bits per heavy atom. The smallest absolute Gasteiger partial charge is 0.317 e. The zero-order valence-electron chi connectivity index (χ0n) is 10.7. The Hall–Kier alpha value is -1.91. The van der Waals surface area contributed by atoms with Crippen molar-refractivity contribution in [1.29, 1.82) is 0 Å². The van der Waals surface area contributed by atoms with E-state index in [2.05, 4.69) is 5.32 Å². The van der Waals surface area contributed by atoms with Gasteiger partial charge in [-0.2, -0.15) is 0 Å². The second-order valence-electron chi connectivity index (χ2n) is 4.28. The van der Waals surface area contributed by atoms with E-state index in [4.69, 9.17) is 9.47 Å². The fourth-order valence-electron chi connectivity index (χ4n) is 1.75. The second-order valence-corrected chi connectivity index (χ2v) is 4.28. The van der Waals surface area contributed by atoms with Crippen LogP contribution in [0.15, 0.2) is 18.2 Å². The number of urea groups is 1. The van der Waals surface area contributed by atoms with Crippen molar-refractivity contribution < 1.29 is 14.3 Å². The van der Waals surface area contributed by atoms with Gasteiger partial charge in [-0.15, -0.1) is 0 Å². The highest BCUT2D eigenvalue weighted by Gasteiger charge is 2.15. The maximum atomic E-state index is 11.7. The van der Waals surface area contributed by atoms with Gasteiger partial charge >= 0.3 is 6.03 Å². The first-order valence-electron chi connectivity index (χ1n) is 6.08. The molecule has 0 aliphatic carbocycles. The number of nitrogens with one attached hydrogen (secondary N) is 1. The van der Waals surface area contributed by atoms with Crippen molar-refractivity contribution in [2.24, 2.45) is 0 Å². The molecule has 0 fully saturated rings. The maximum absolute atomic E-state index is 11.7. The van der Waals surface area contributed by atoms with Gasteiger partial charge in [0.05, 0.1) is 0 Å². The average molecular weight is 250 g/mol. The molecule has 5 heteroatoms. The molecule has 0 atom stereocenters. The highest BCUT2D eigenvalue weighted by atomic mass is 16.7. The van der Waals surface area contributed by atoms with Crippen molar-refractivity contribution in [3.63, 3.8) is 0 Å². The van der Waals surface area contributed by atoms with Crippen LogP contribution in [0.1, 0.15) is 18.9 Å². The topological polar surface area (TPSA) is 50.8 Å². The van der Waals surface area contributed by atoms with Crippen molar-refractivity contribution >= 4 is 6.03 Å². The quantitative estimate of drug-likeness (QED) is 0.888. The van der Waals surface area contributed by atoms with E-state index >= 15 is 0 Å². The molecule has 0 radical (unpaired) electrons. The lowest BCUT2D eigenvalue weighted by molar-refractivity contribution is 0.174. The summed E-state index contributed by atoms with van der Waals surface area (Å²) in [6.07, 6.45) is 0.934. The van der Waals surface area contributed by atoms with Gasteiger partial charge in [0.2, 0.25) is 6.79 Å². The molecule has 0 spiro atoms. The SMILES string of the molecule is CCCNC(=O)N(C)Cc1ccc2c(c1)OCO2. The van der Waals surface area contributed by atoms with Crippen molar-refractivity contribution in [1.82, 2.24) is 10.2 Å². The van der Waals surface area contributed by atoms with Crippen LogP contribution < -0.4 is 14.8 Å². The van der Waals surface area contributed by atoms with Gasteiger partial charge in [0, 0.05) is 20.1 Å². The second kappa shape index (κ2) is 5.62. The Kier molecular flexibility index (Phi) is 3.92. The van der Waals surface area contributed by atoms with Crippen molar-refractivity contribution in [2.75, 3.05) is 20.4 Å². The molecule has 98 valence electrons. The normalized spacial score (nSPS) is 12.3. The number of hydrogen-bond donors (Lipinski definition) is 1. The van der Waals surface area contributed by atoms with Crippen LogP contribution in [-0.4, -0.2) is 31.3 Å². The number of carbonyl (C=O) groups is 1. The number of fused-ring (bicyclic) bond motifs is 1. The predicted molar refractivity (Wildman–Crippen MR) is 67.7 cm³/mol. The molecule has 18 heavy (non-hydrogen) atoms. The number of rotatable bonds is 4. The van der Waals surface area contributed by atoms with Gasteiger partial charge in [-0.1, -0.05) is 13.0 Å². The van der Waals surface area contributed by atoms with Crippen LogP contribution in [0.5, 0.6) is 11.5 Å². The maximum Gasteiger partial charge on any atom is 0.317 e. The summed E-state index contributed by atoms with van der Waals surface area (Å²) in [4.78, 5) is 13.3. The monoisotopic (exact) mass is 250 g/mol. The fourth-order valence-corrected chi connectivity index (χ4v) is 1.75. The summed E-state index contributed by atoms with van der Waals surface area (Å²) < 4.78 is 10.5. The standard InChI is InChI=1S/C13H18N2O3/c1-3-6-14-13(16)15(2)8-10-4-5-11-12(7-10)18-9-17-11/h4-5,7H,3,6,8-9H2,1-2H3,(H,14,16). The molecular weight excluding hydrogens is 232 g/mol. The third-order valence-electron chi connectivity index (χ3n) is 2.73. The molecule has 2 rings (SSSR count). The third kappa shape index (κ3) is 2.85. The first-order valence-corrected chi connectivity index (χ1v) is 6.08. The summed E-state index contributed by atoms with van der Waals surface area (Å²) in [5, 5.41) is 2.84. The zero-order valence-corrected chi connectivity index (χ0v) is 10.7. The summed E-state index contributed by atoms with van der Waals surface area (Å²) >= 11 is 0. The van der Waals surface area contributed by atoms with Gasteiger partial charge in [-0.3, -0.25) is 0 Å². The van der Waals surface area contributed by atoms with E-state index in [1.54, 1.807) is 11.9 Å². The van der Waals surface area contributed by atoms with E-state index in [9.17, 15) is 4.79 Å². The van der Waals surface area contributed by atoms with Crippen LogP contribution in [0.2, 0.25) is 0 Å². The lowest BCUT2D eigenvalue weighted by Crippen LogP contribution is -2.37. The van der Waals surface area contributed by atoms with Gasteiger partial charge < -0.3 is 19.7 Å². The van der Waals surface area contributed by atoms with E-state index < -0.39 is 0 Å². The minimum absolute atomic E-state index is 0.0606. The zero-order chi connectivity index (χ0) is 13.0.